The first-order valence-corrected chi connectivity index (χ1v) is 9.04. The second-order valence-corrected chi connectivity index (χ2v) is 6.90. The summed E-state index contributed by atoms with van der Waals surface area (Å²) in [5.41, 5.74) is 3.77. The average molecular weight is 364 g/mol. The van der Waals surface area contributed by atoms with Crippen LogP contribution in [0.15, 0.2) is 54.6 Å². The number of carbonyl (C=O) groups excluding carboxylic acids is 1. The highest BCUT2D eigenvalue weighted by atomic mass is 32.1. The van der Waals surface area contributed by atoms with E-state index in [1.165, 1.54) is 16.9 Å². The lowest BCUT2D eigenvalue weighted by Crippen LogP contribution is -1.93. The van der Waals surface area contributed by atoms with E-state index < -0.39 is 0 Å². The van der Waals surface area contributed by atoms with E-state index in [1.54, 1.807) is 19.3 Å². The number of hydrogen-bond donors (Lipinski definition) is 1. The molecule has 26 heavy (non-hydrogen) atoms. The summed E-state index contributed by atoms with van der Waals surface area (Å²) in [7, 11) is 1.62. The largest absolute Gasteiger partial charge is 0.497 e. The SMILES string of the molecule is COc1cccc(/C=C/C(=O)c2sc(Nc3cccc(C)c3)nc2C)c1. The van der Waals surface area contributed by atoms with Gasteiger partial charge < -0.3 is 10.1 Å². The number of anilines is 2. The molecule has 1 heterocycles. The molecule has 1 N–H and O–H groups in total. The first kappa shape index (κ1) is 17.9. The molecule has 0 atom stereocenters. The van der Waals surface area contributed by atoms with Crippen LogP contribution in [0, 0.1) is 13.8 Å². The predicted molar refractivity (Wildman–Crippen MR) is 108 cm³/mol. The molecule has 0 bridgehead atoms. The van der Waals surface area contributed by atoms with Crippen molar-refractivity contribution in [1.82, 2.24) is 4.98 Å². The van der Waals surface area contributed by atoms with Crippen LogP contribution >= 0.6 is 11.3 Å². The molecule has 0 aliphatic rings. The maximum Gasteiger partial charge on any atom is 0.197 e. The van der Waals surface area contributed by atoms with Gasteiger partial charge in [0.2, 0.25) is 0 Å². The lowest BCUT2D eigenvalue weighted by Gasteiger charge is -2.02. The number of ketones is 1. The Morgan fingerprint density at radius 3 is 2.73 bits per heavy atom. The van der Waals surface area contributed by atoms with Gasteiger partial charge >= 0.3 is 0 Å². The molecule has 0 saturated carbocycles. The first-order chi connectivity index (χ1) is 12.5. The number of rotatable bonds is 6. The van der Waals surface area contributed by atoms with Crippen molar-refractivity contribution in [2.75, 3.05) is 12.4 Å². The first-order valence-electron chi connectivity index (χ1n) is 8.23. The third-order valence-corrected chi connectivity index (χ3v) is 4.90. The van der Waals surface area contributed by atoms with E-state index in [2.05, 4.69) is 10.3 Å². The van der Waals surface area contributed by atoms with E-state index in [9.17, 15) is 4.79 Å². The Morgan fingerprint density at radius 1 is 1.15 bits per heavy atom. The lowest BCUT2D eigenvalue weighted by atomic mass is 10.1. The van der Waals surface area contributed by atoms with Gasteiger partial charge in [-0.2, -0.15) is 0 Å². The Morgan fingerprint density at radius 2 is 1.96 bits per heavy atom. The Balaban J connectivity index is 1.75. The van der Waals surface area contributed by atoms with Crippen molar-refractivity contribution >= 4 is 34.0 Å². The second-order valence-electron chi connectivity index (χ2n) is 5.90. The summed E-state index contributed by atoms with van der Waals surface area (Å²) in [6.45, 7) is 3.89. The van der Waals surface area contributed by atoms with E-state index in [4.69, 9.17) is 4.74 Å². The van der Waals surface area contributed by atoms with Crippen LogP contribution in [0.4, 0.5) is 10.8 Å². The van der Waals surface area contributed by atoms with Crippen molar-refractivity contribution in [1.29, 1.82) is 0 Å². The molecule has 0 fully saturated rings. The van der Waals surface area contributed by atoms with Gasteiger partial charge in [-0.05, 0) is 55.3 Å². The van der Waals surface area contributed by atoms with Crippen molar-refractivity contribution in [3.8, 4) is 5.75 Å². The molecule has 0 aliphatic carbocycles. The average Bonchev–Trinajstić information content (AvgIpc) is 3.00. The Hall–Kier alpha value is -2.92. The van der Waals surface area contributed by atoms with Crippen LogP contribution in [0.1, 0.15) is 26.5 Å². The van der Waals surface area contributed by atoms with Gasteiger partial charge in [-0.3, -0.25) is 4.79 Å². The van der Waals surface area contributed by atoms with Gasteiger partial charge in [0.15, 0.2) is 10.9 Å². The Labute approximate surface area is 157 Å². The van der Waals surface area contributed by atoms with Gasteiger partial charge in [-0.25, -0.2) is 4.98 Å². The monoisotopic (exact) mass is 364 g/mol. The molecule has 0 unspecified atom stereocenters. The van der Waals surface area contributed by atoms with E-state index in [0.717, 1.165) is 22.7 Å². The Bertz CT molecular complexity index is 960. The van der Waals surface area contributed by atoms with Crippen molar-refractivity contribution in [3.63, 3.8) is 0 Å². The predicted octanol–water partition coefficient (Wildman–Crippen LogP) is 5.41. The van der Waals surface area contributed by atoms with Crippen LogP contribution < -0.4 is 10.1 Å². The quantitative estimate of drug-likeness (QED) is 0.469. The molecule has 2 aromatic carbocycles. The third kappa shape index (κ3) is 4.37. The molecule has 0 aliphatic heterocycles. The Kier molecular flexibility index (Phi) is 5.49. The molecule has 5 heteroatoms. The maximum atomic E-state index is 12.5. The van der Waals surface area contributed by atoms with E-state index in [0.29, 0.717) is 10.0 Å². The minimum Gasteiger partial charge on any atom is -0.497 e. The summed E-state index contributed by atoms with van der Waals surface area (Å²) in [5, 5.41) is 3.98. The van der Waals surface area contributed by atoms with Crippen LogP contribution in [-0.4, -0.2) is 17.9 Å². The zero-order valence-corrected chi connectivity index (χ0v) is 15.8. The maximum absolute atomic E-state index is 12.5. The smallest absolute Gasteiger partial charge is 0.197 e. The number of benzene rings is 2. The van der Waals surface area contributed by atoms with Gasteiger partial charge in [0.1, 0.15) is 5.75 Å². The molecule has 4 nitrogen and oxygen atoms in total. The summed E-state index contributed by atoms with van der Waals surface area (Å²) in [4.78, 5) is 17.6. The highest BCUT2D eigenvalue weighted by molar-refractivity contribution is 7.17. The standard InChI is InChI=1S/C21H20N2O2S/c1-14-6-4-8-17(12-14)23-21-22-15(2)20(26-21)19(24)11-10-16-7-5-9-18(13-16)25-3/h4-13H,1-3H3,(H,22,23)/b11-10+. The van der Waals surface area contributed by atoms with Crippen molar-refractivity contribution in [3.05, 3.63) is 76.3 Å². The molecule has 1 aromatic heterocycles. The molecule has 132 valence electrons. The number of ether oxygens (including phenoxy) is 1. The highest BCUT2D eigenvalue weighted by Gasteiger charge is 2.13. The fraction of sp³-hybridized carbons (Fsp3) is 0.143. The van der Waals surface area contributed by atoms with E-state index in [-0.39, 0.29) is 5.78 Å². The molecule has 0 spiro atoms. The summed E-state index contributed by atoms with van der Waals surface area (Å²) < 4.78 is 5.20. The number of allylic oxidation sites excluding steroid dienone is 1. The molecule has 3 rings (SSSR count). The normalized spacial score (nSPS) is 10.9. The number of nitrogens with zero attached hydrogens (tertiary/aromatic N) is 1. The fourth-order valence-corrected chi connectivity index (χ4v) is 3.42. The second kappa shape index (κ2) is 7.97. The summed E-state index contributed by atoms with van der Waals surface area (Å²) in [6.07, 6.45) is 3.36. The summed E-state index contributed by atoms with van der Waals surface area (Å²) in [5.74, 6) is 0.707. The van der Waals surface area contributed by atoms with Gasteiger partial charge in [0.05, 0.1) is 17.7 Å². The topological polar surface area (TPSA) is 51.2 Å². The zero-order chi connectivity index (χ0) is 18.5. The lowest BCUT2D eigenvalue weighted by molar-refractivity contribution is 0.105. The number of hydrogen-bond acceptors (Lipinski definition) is 5. The minimum absolute atomic E-state index is 0.0555. The van der Waals surface area contributed by atoms with Crippen molar-refractivity contribution in [2.45, 2.75) is 13.8 Å². The third-order valence-electron chi connectivity index (χ3n) is 3.81. The summed E-state index contributed by atoms with van der Waals surface area (Å²) >= 11 is 1.36. The summed E-state index contributed by atoms with van der Waals surface area (Å²) in [6, 6.07) is 15.6. The number of thiazole rings is 1. The van der Waals surface area contributed by atoms with Gasteiger partial charge in [-0.1, -0.05) is 41.7 Å². The van der Waals surface area contributed by atoms with Gasteiger partial charge in [0, 0.05) is 5.69 Å². The van der Waals surface area contributed by atoms with Crippen LogP contribution in [0.2, 0.25) is 0 Å². The van der Waals surface area contributed by atoms with E-state index >= 15 is 0 Å². The zero-order valence-electron chi connectivity index (χ0n) is 14.9. The number of methoxy groups -OCH3 is 1. The minimum atomic E-state index is -0.0555. The van der Waals surface area contributed by atoms with Crippen molar-refractivity contribution < 1.29 is 9.53 Å². The van der Waals surface area contributed by atoms with Crippen LogP contribution in [0.3, 0.4) is 0 Å². The number of carbonyl (C=O) groups is 1. The van der Waals surface area contributed by atoms with E-state index in [1.807, 2.05) is 62.4 Å². The molecular formula is C21H20N2O2S. The van der Waals surface area contributed by atoms with Crippen LogP contribution in [0.25, 0.3) is 6.08 Å². The molecule has 0 radical (unpaired) electrons. The highest BCUT2D eigenvalue weighted by Crippen LogP contribution is 2.27. The molecule has 0 saturated heterocycles. The van der Waals surface area contributed by atoms with Crippen LogP contribution in [0.5, 0.6) is 5.75 Å². The molecule has 3 aromatic rings. The molecular weight excluding hydrogens is 344 g/mol. The number of aryl methyl sites for hydroxylation is 2. The van der Waals surface area contributed by atoms with Crippen molar-refractivity contribution in [2.24, 2.45) is 0 Å². The van der Waals surface area contributed by atoms with Crippen LogP contribution in [-0.2, 0) is 0 Å². The number of aromatic nitrogens is 1. The van der Waals surface area contributed by atoms with Gasteiger partial charge in [0.25, 0.3) is 0 Å². The fourth-order valence-electron chi connectivity index (χ4n) is 2.52. The number of nitrogens with one attached hydrogen (secondary N) is 1. The molecule has 0 amide bonds. The van der Waals surface area contributed by atoms with Gasteiger partial charge in [-0.15, -0.1) is 0 Å².